The minimum absolute atomic E-state index is 0.117. The fourth-order valence-corrected chi connectivity index (χ4v) is 2.44. The fraction of sp³-hybridized carbons (Fsp3) is 0.364. The van der Waals surface area contributed by atoms with Gasteiger partial charge in [0.25, 0.3) is 0 Å². The van der Waals surface area contributed by atoms with E-state index in [1.807, 2.05) is 6.92 Å². The molecule has 2 N–H and O–H groups in total. The third-order valence-corrected chi connectivity index (χ3v) is 3.47. The SMILES string of the molecule is CC(c1ccco1)n1c(CO)nnc1SCC(=O)O. The molecule has 102 valence electrons. The Bertz CT molecular complexity index is 552. The predicted octanol–water partition coefficient (Wildman–Crippen LogP) is 1.15. The van der Waals surface area contributed by atoms with Crippen molar-refractivity contribution in [3.8, 4) is 0 Å². The fourth-order valence-electron chi connectivity index (χ4n) is 1.69. The van der Waals surface area contributed by atoms with Crippen LogP contribution in [0.2, 0.25) is 0 Å². The quantitative estimate of drug-likeness (QED) is 0.767. The summed E-state index contributed by atoms with van der Waals surface area (Å²) in [6, 6.07) is 3.35. The van der Waals surface area contributed by atoms with Gasteiger partial charge in [0, 0.05) is 0 Å². The number of furan rings is 1. The molecule has 0 amide bonds. The van der Waals surface area contributed by atoms with E-state index in [0.717, 1.165) is 11.8 Å². The van der Waals surface area contributed by atoms with Crippen molar-refractivity contribution in [1.82, 2.24) is 14.8 Å². The molecule has 0 saturated heterocycles. The lowest BCUT2D eigenvalue weighted by Crippen LogP contribution is -2.12. The molecule has 7 nitrogen and oxygen atoms in total. The van der Waals surface area contributed by atoms with E-state index in [-0.39, 0.29) is 18.4 Å². The van der Waals surface area contributed by atoms with Crippen LogP contribution in [0.5, 0.6) is 0 Å². The van der Waals surface area contributed by atoms with Crippen LogP contribution in [-0.2, 0) is 11.4 Å². The van der Waals surface area contributed by atoms with Crippen molar-refractivity contribution in [3.05, 3.63) is 30.0 Å². The van der Waals surface area contributed by atoms with Gasteiger partial charge in [0.1, 0.15) is 12.4 Å². The van der Waals surface area contributed by atoms with E-state index in [1.54, 1.807) is 23.0 Å². The van der Waals surface area contributed by atoms with Crippen LogP contribution in [0.25, 0.3) is 0 Å². The zero-order valence-electron chi connectivity index (χ0n) is 10.2. The Kier molecular flexibility index (Phi) is 4.23. The molecule has 0 aromatic carbocycles. The monoisotopic (exact) mass is 283 g/mol. The van der Waals surface area contributed by atoms with Crippen LogP contribution in [-0.4, -0.2) is 36.7 Å². The van der Waals surface area contributed by atoms with Crippen LogP contribution < -0.4 is 0 Å². The van der Waals surface area contributed by atoms with E-state index in [9.17, 15) is 9.90 Å². The molecule has 0 saturated carbocycles. The summed E-state index contributed by atoms with van der Waals surface area (Å²) in [7, 11) is 0. The number of carboxylic acids is 1. The lowest BCUT2D eigenvalue weighted by atomic mass is 10.2. The summed E-state index contributed by atoms with van der Waals surface area (Å²) < 4.78 is 6.99. The summed E-state index contributed by atoms with van der Waals surface area (Å²) in [4.78, 5) is 10.6. The van der Waals surface area contributed by atoms with Gasteiger partial charge in [0.2, 0.25) is 0 Å². The lowest BCUT2D eigenvalue weighted by Gasteiger charge is -2.14. The summed E-state index contributed by atoms with van der Waals surface area (Å²) in [6.45, 7) is 1.60. The molecule has 0 fully saturated rings. The normalized spacial score (nSPS) is 12.5. The summed E-state index contributed by atoms with van der Waals surface area (Å²) in [5.41, 5.74) is 0. The topological polar surface area (TPSA) is 101 Å². The smallest absolute Gasteiger partial charge is 0.313 e. The van der Waals surface area contributed by atoms with Gasteiger partial charge < -0.3 is 14.6 Å². The Morgan fingerprint density at radius 1 is 1.58 bits per heavy atom. The van der Waals surface area contributed by atoms with E-state index in [0.29, 0.717) is 16.7 Å². The van der Waals surface area contributed by atoms with E-state index >= 15 is 0 Å². The Balaban J connectivity index is 2.30. The zero-order valence-corrected chi connectivity index (χ0v) is 11.0. The van der Waals surface area contributed by atoms with Crippen molar-refractivity contribution in [2.75, 3.05) is 5.75 Å². The summed E-state index contributed by atoms with van der Waals surface area (Å²) in [6.07, 6.45) is 1.55. The van der Waals surface area contributed by atoms with Crippen molar-refractivity contribution < 1.29 is 19.4 Å². The van der Waals surface area contributed by atoms with Gasteiger partial charge in [-0.05, 0) is 19.1 Å². The van der Waals surface area contributed by atoms with E-state index < -0.39 is 5.97 Å². The maximum absolute atomic E-state index is 10.6. The Morgan fingerprint density at radius 3 is 2.95 bits per heavy atom. The van der Waals surface area contributed by atoms with Gasteiger partial charge in [-0.1, -0.05) is 11.8 Å². The van der Waals surface area contributed by atoms with Gasteiger partial charge >= 0.3 is 5.97 Å². The molecule has 2 heterocycles. The van der Waals surface area contributed by atoms with Gasteiger partial charge in [-0.3, -0.25) is 9.36 Å². The molecule has 0 aliphatic rings. The number of hydrogen-bond acceptors (Lipinski definition) is 6. The summed E-state index contributed by atoms with van der Waals surface area (Å²) in [5, 5.41) is 26.2. The van der Waals surface area contributed by atoms with Crippen molar-refractivity contribution in [1.29, 1.82) is 0 Å². The molecule has 1 atom stereocenters. The van der Waals surface area contributed by atoms with Crippen molar-refractivity contribution >= 4 is 17.7 Å². The maximum Gasteiger partial charge on any atom is 0.313 e. The molecule has 0 aliphatic heterocycles. The molecule has 2 aromatic heterocycles. The molecule has 8 heteroatoms. The third kappa shape index (κ3) is 2.96. The summed E-state index contributed by atoms with van der Waals surface area (Å²) in [5.74, 6) is 0.00764. The first-order valence-electron chi connectivity index (χ1n) is 5.56. The van der Waals surface area contributed by atoms with E-state index in [4.69, 9.17) is 9.52 Å². The van der Waals surface area contributed by atoms with Crippen LogP contribution in [0.1, 0.15) is 24.6 Å². The molecule has 0 aliphatic carbocycles. The largest absolute Gasteiger partial charge is 0.481 e. The van der Waals surface area contributed by atoms with E-state index in [2.05, 4.69) is 10.2 Å². The Labute approximate surface area is 113 Å². The van der Waals surface area contributed by atoms with Crippen molar-refractivity contribution in [3.63, 3.8) is 0 Å². The van der Waals surface area contributed by atoms with Crippen molar-refractivity contribution in [2.24, 2.45) is 0 Å². The van der Waals surface area contributed by atoms with Crippen LogP contribution in [0, 0.1) is 0 Å². The summed E-state index contributed by atoms with van der Waals surface area (Å²) >= 11 is 1.05. The highest BCUT2D eigenvalue weighted by atomic mass is 32.2. The van der Waals surface area contributed by atoms with Gasteiger partial charge in [-0.25, -0.2) is 0 Å². The number of carbonyl (C=O) groups is 1. The minimum atomic E-state index is -0.934. The molecule has 2 aromatic rings. The van der Waals surface area contributed by atoms with Gasteiger partial charge in [-0.2, -0.15) is 0 Å². The molecule has 0 spiro atoms. The number of carboxylic acid groups (broad SMARTS) is 1. The van der Waals surface area contributed by atoms with Gasteiger partial charge in [-0.15, -0.1) is 10.2 Å². The number of aliphatic hydroxyl groups excluding tert-OH is 1. The highest BCUT2D eigenvalue weighted by Crippen LogP contribution is 2.26. The molecule has 0 radical (unpaired) electrons. The first-order chi connectivity index (χ1) is 9.13. The first kappa shape index (κ1) is 13.6. The van der Waals surface area contributed by atoms with Gasteiger partial charge in [0.05, 0.1) is 18.1 Å². The van der Waals surface area contributed by atoms with Crippen molar-refractivity contribution in [2.45, 2.75) is 24.7 Å². The molecule has 0 bridgehead atoms. The van der Waals surface area contributed by atoms with Crippen LogP contribution in [0.4, 0.5) is 0 Å². The molecular formula is C11H13N3O4S. The van der Waals surface area contributed by atoms with Crippen LogP contribution >= 0.6 is 11.8 Å². The number of hydrogen-bond donors (Lipinski definition) is 2. The lowest BCUT2D eigenvalue weighted by molar-refractivity contribution is -0.133. The zero-order chi connectivity index (χ0) is 13.8. The highest BCUT2D eigenvalue weighted by molar-refractivity contribution is 7.99. The average Bonchev–Trinajstić information content (AvgIpc) is 3.04. The number of aliphatic carboxylic acids is 1. The highest BCUT2D eigenvalue weighted by Gasteiger charge is 2.20. The number of nitrogens with zero attached hydrogens (tertiary/aromatic N) is 3. The number of rotatable bonds is 6. The first-order valence-corrected chi connectivity index (χ1v) is 6.54. The second-order valence-corrected chi connectivity index (χ2v) is 4.74. The van der Waals surface area contributed by atoms with E-state index in [1.165, 1.54) is 0 Å². The number of thioether (sulfide) groups is 1. The van der Waals surface area contributed by atoms with Gasteiger partial charge in [0.15, 0.2) is 11.0 Å². The third-order valence-electron chi connectivity index (χ3n) is 2.54. The Hall–Kier alpha value is -1.80. The molecule has 2 rings (SSSR count). The number of aromatic nitrogens is 3. The second kappa shape index (κ2) is 5.89. The van der Waals surface area contributed by atoms with Crippen LogP contribution in [0.3, 0.4) is 0 Å². The number of aliphatic hydroxyl groups is 1. The maximum atomic E-state index is 10.6. The molecule has 19 heavy (non-hydrogen) atoms. The predicted molar refractivity (Wildman–Crippen MR) is 66.8 cm³/mol. The minimum Gasteiger partial charge on any atom is -0.481 e. The molecule has 1 unspecified atom stereocenters. The second-order valence-electron chi connectivity index (χ2n) is 3.80. The molecular weight excluding hydrogens is 270 g/mol. The average molecular weight is 283 g/mol. The van der Waals surface area contributed by atoms with Crippen LogP contribution in [0.15, 0.2) is 28.0 Å². The standard InChI is InChI=1S/C11H13N3O4S/c1-7(8-3-2-4-18-8)14-9(5-15)12-13-11(14)19-6-10(16)17/h2-4,7,15H,5-6H2,1H3,(H,16,17). The Morgan fingerprint density at radius 2 is 2.37 bits per heavy atom.